The molecule has 1 N–H and O–H groups in total. The summed E-state index contributed by atoms with van der Waals surface area (Å²) < 4.78 is 0. The van der Waals surface area contributed by atoms with Crippen LogP contribution in [0, 0.1) is 17.2 Å². The number of carbonyl (C=O) groups excluding carboxylic acids is 1. The second kappa shape index (κ2) is 5.64. The lowest BCUT2D eigenvalue weighted by Crippen LogP contribution is -2.48. The van der Waals surface area contributed by atoms with E-state index < -0.39 is 0 Å². The van der Waals surface area contributed by atoms with Crippen molar-refractivity contribution >= 4 is 11.6 Å². The predicted molar refractivity (Wildman–Crippen MR) is 77.1 cm³/mol. The summed E-state index contributed by atoms with van der Waals surface area (Å²) in [5.74, 6) is 0.149. The maximum atomic E-state index is 12.4. The van der Waals surface area contributed by atoms with Crippen LogP contribution in [0.3, 0.4) is 0 Å². The first-order valence-electron chi connectivity index (χ1n) is 7.30. The van der Waals surface area contributed by atoms with E-state index in [9.17, 15) is 4.79 Å². The minimum Gasteiger partial charge on any atom is -0.324 e. The molecule has 1 aromatic carbocycles. The quantitative estimate of drug-likeness (QED) is 0.850. The van der Waals surface area contributed by atoms with E-state index >= 15 is 0 Å². The number of rotatable bonds is 1. The van der Waals surface area contributed by atoms with Gasteiger partial charge in [0.15, 0.2) is 0 Å². The van der Waals surface area contributed by atoms with Crippen LogP contribution < -0.4 is 5.32 Å². The van der Waals surface area contributed by atoms with Gasteiger partial charge < -0.3 is 5.32 Å². The van der Waals surface area contributed by atoms with E-state index in [1.54, 1.807) is 0 Å². The molecule has 4 heteroatoms. The van der Waals surface area contributed by atoms with Crippen molar-refractivity contribution in [2.45, 2.75) is 31.7 Å². The topological polar surface area (TPSA) is 56.1 Å². The highest BCUT2D eigenvalue weighted by Gasteiger charge is 2.32. The molecule has 2 unspecified atom stereocenters. The Morgan fingerprint density at radius 2 is 2.15 bits per heavy atom. The van der Waals surface area contributed by atoms with Gasteiger partial charge in [-0.25, -0.2) is 0 Å². The predicted octanol–water partition coefficient (Wildman–Crippen LogP) is 2.18. The fourth-order valence-corrected chi connectivity index (χ4v) is 3.24. The van der Waals surface area contributed by atoms with Gasteiger partial charge in [-0.15, -0.1) is 0 Å². The monoisotopic (exact) mass is 269 g/mol. The summed E-state index contributed by atoms with van der Waals surface area (Å²) in [5.41, 5.74) is 2.14. The van der Waals surface area contributed by atoms with E-state index in [1.807, 2.05) is 18.2 Å². The Labute approximate surface area is 119 Å². The van der Waals surface area contributed by atoms with Gasteiger partial charge in [-0.2, -0.15) is 5.26 Å². The Morgan fingerprint density at radius 3 is 3.00 bits per heavy atom. The number of nitrogens with zero attached hydrogens (tertiary/aromatic N) is 2. The first-order valence-corrected chi connectivity index (χ1v) is 7.30. The third-order valence-electron chi connectivity index (χ3n) is 4.34. The first-order chi connectivity index (χ1) is 9.78. The molecular weight excluding hydrogens is 250 g/mol. The highest BCUT2D eigenvalue weighted by atomic mass is 16.2. The van der Waals surface area contributed by atoms with Crippen LogP contribution in [0.25, 0.3) is 0 Å². The zero-order valence-electron chi connectivity index (χ0n) is 11.5. The van der Waals surface area contributed by atoms with Gasteiger partial charge >= 0.3 is 0 Å². The number of likely N-dealkylation sites (tertiary alicyclic amines) is 1. The number of benzene rings is 1. The molecule has 104 valence electrons. The van der Waals surface area contributed by atoms with E-state index in [2.05, 4.69) is 22.4 Å². The minimum absolute atomic E-state index is 0.0715. The Morgan fingerprint density at radius 1 is 1.30 bits per heavy atom. The zero-order valence-corrected chi connectivity index (χ0v) is 11.5. The summed E-state index contributed by atoms with van der Waals surface area (Å²) in [6, 6.07) is 10.2. The van der Waals surface area contributed by atoms with E-state index in [-0.39, 0.29) is 17.9 Å². The molecule has 0 saturated carbocycles. The summed E-state index contributed by atoms with van der Waals surface area (Å²) >= 11 is 0. The van der Waals surface area contributed by atoms with E-state index in [0.717, 1.165) is 44.5 Å². The van der Waals surface area contributed by atoms with Gasteiger partial charge in [-0.3, -0.25) is 9.69 Å². The number of amides is 1. The molecule has 0 radical (unpaired) electrons. The van der Waals surface area contributed by atoms with Gasteiger partial charge in [-0.1, -0.05) is 18.2 Å². The smallest absolute Gasteiger partial charge is 0.241 e. The second-order valence-corrected chi connectivity index (χ2v) is 5.66. The normalized spacial score (nSPS) is 27.1. The molecule has 0 bridgehead atoms. The van der Waals surface area contributed by atoms with Gasteiger partial charge in [0.05, 0.1) is 18.0 Å². The third-order valence-corrected chi connectivity index (χ3v) is 4.34. The van der Waals surface area contributed by atoms with Crippen molar-refractivity contribution in [2.24, 2.45) is 5.92 Å². The number of piperidine rings is 1. The van der Waals surface area contributed by atoms with E-state index in [0.29, 0.717) is 0 Å². The average Bonchev–Trinajstić information content (AvgIpc) is 2.65. The summed E-state index contributed by atoms with van der Waals surface area (Å²) in [5, 5.41) is 12.1. The Kier molecular flexibility index (Phi) is 3.70. The number of fused-ring (bicyclic) bond motifs is 1. The molecule has 2 aliphatic rings. The van der Waals surface area contributed by atoms with Crippen LogP contribution in [-0.4, -0.2) is 29.9 Å². The maximum Gasteiger partial charge on any atom is 0.241 e. The van der Waals surface area contributed by atoms with Crippen LogP contribution >= 0.6 is 0 Å². The number of anilines is 1. The third kappa shape index (κ3) is 2.54. The molecule has 0 aliphatic carbocycles. The summed E-state index contributed by atoms with van der Waals surface area (Å²) in [6.45, 7) is 1.65. The molecule has 2 atom stereocenters. The molecule has 2 heterocycles. The molecule has 3 rings (SSSR count). The van der Waals surface area contributed by atoms with Crippen molar-refractivity contribution in [2.75, 3.05) is 18.4 Å². The fraction of sp³-hybridized carbons (Fsp3) is 0.500. The lowest BCUT2D eigenvalue weighted by atomic mass is 9.96. The summed E-state index contributed by atoms with van der Waals surface area (Å²) in [6.07, 6.45) is 3.71. The molecule has 4 nitrogen and oxygen atoms in total. The van der Waals surface area contributed by atoms with Crippen molar-refractivity contribution in [1.82, 2.24) is 4.90 Å². The molecule has 1 aromatic rings. The highest BCUT2D eigenvalue weighted by Crippen LogP contribution is 2.26. The van der Waals surface area contributed by atoms with Crippen molar-refractivity contribution in [3.05, 3.63) is 29.8 Å². The van der Waals surface area contributed by atoms with Crippen LogP contribution in [0.2, 0.25) is 0 Å². The molecule has 20 heavy (non-hydrogen) atoms. The van der Waals surface area contributed by atoms with E-state index in [1.165, 1.54) is 5.56 Å². The van der Waals surface area contributed by atoms with Gasteiger partial charge in [0.2, 0.25) is 5.91 Å². The molecule has 1 saturated heterocycles. The van der Waals surface area contributed by atoms with Gasteiger partial charge in [0.1, 0.15) is 0 Å². The Hall–Kier alpha value is -1.86. The molecule has 1 amide bonds. The lowest BCUT2D eigenvalue weighted by Gasteiger charge is -2.34. The molecule has 2 aliphatic heterocycles. The number of aryl methyl sites for hydroxylation is 1. The maximum absolute atomic E-state index is 12.4. The molecule has 0 aromatic heterocycles. The number of hydrogen-bond acceptors (Lipinski definition) is 3. The SMILES string of the molecule is N#CC1CCCN(C2CCc3ccccc3NC2=O)C1. The number of nitriles is 1. The van der Waals surface area contributed by atoms with Crippen molar-refractivity contribution in [3.63, 3.8) is 0 Å². The number of para-hydroxylation sites is 1. The second-order valence-electron chi connectivity index (χ2n) is 5.66. The largest absolute Gasteiger partial charge is 0.324 e. The van der Waals surface area contributed by atoms with Crippen molar-refractivity contribution < 1.29 is 4.79 Å². The van der Waals surface area contributed by atoms with E-state index in [4.69, 9.17) is 5.26 Å². The van der Waals surface area contributed by atoms with Crippen LogP contribution in [0.5, 0.6) is 0 Å². The lowest BCUT2D eigenvalue weighted by molar-refractivity contribution is -0.122. The van der Waals surface area contributed by atoms with Gasteiger partial charge in [0, 0.05) is 12.2 Å². The summed E-state index contributed by atoms with van der Waals surface area (Å²) in [4.78, 5) is 14.6. The van der Waals surface area contributed by atoms with Crippen LogP contribution in [0.4, 0.5) is 5.69 Å². The standard InChI is InChI=1S/C16H19N3O/c17-10-12-4-3-9-19(11-12)15-8-7-13-5-1-2-6-14(13)18-16(15)20/h1-2,5-6,12,15H,3-4,7-9,11H2,(H,18,20). The van der Waals surface area contributed by atoms with Crippen LogP contribution in [-0.2, 0) is 11.2 Å². The minimum atomic E-state index is -0.0986. The number of nitrogens with one attached hydrogen (secondary N) is 1. The summed E-state index contributed by atoms with van der Waals surface area (Å²) in [7, 11) is 0. The number of hydrogen-bond donors (Lipinski definition) is 1. The van der Waals surface area contributed by atoms with Gasteiger partial charge in [0.25, 0.3) is 0 Å². The number of carbonyl (C=O) groups is 1. The Bertz CT molecular complexity index is 549. The molecule has 1 fully saturated rings. The molecular formula is C16H19N3O. The van der Waals surface area contributed by atoms with Crippen molar-refractivity contribution in [3.8, 4) is 6.07 Å². The zero-order chi connectivity index (χ0) is 13.9. The molecule has 0 spiro atoms. The first kappa shape index (κ1) is 13.1. The highest BCUT2D eigenvalue weighted by molar-refractivity contribution is 5.96. The fourth-order valence-electron chi connectivity index (χ4n) is 3.24. The average molecular weight is 269 g/mol. The van der Waals surface area contributed by atoms with Crippen LogP contribution in [0.1, 0.15) is 24.8 Å². The van der Waals surface area contributed by atoms with Gasteiger partial charge in [-0.05, 0) is 43.9 Å². The Balaban J connectivity index is 1.76. The van der Waals surface area contributed by atoms with Crippen LogP contribution in [0.15, 0.2) is 24.3 Å². The van der Waals surface area contributed by atoms with Crippen molar-refractivity contribution in [1.29, 1.82) is 5.26 Å².